The lowest BCUT2D eigenvalue weighted by atomic mass is 10.1. The quantitative estimate of drug-likeness (QED) is 0.705. The van der Waals surface area contributed by atoms with Gasteiger partial charge in [0.2, 0.25) is 5.91 Å². The highest BCUT2D eigenvalue weighted by Gasteiger charge is 2.27. The van der Waals surface area contributed by atoms with E-state index in [0.29, 0.717) is 19.5 Å². The summed E-state index contributed by atoms with van der Waals surface area (Å²) in [6, 6.07) is -0.476. The van der Waals surface area contributed by atoms with Crippen LogP contribution in [0.5, 0.6) is 0 Å². The molecule has 1 aliphatic rings. The zero-order chi connectivity index (χ0) is 11.5. The lowest BCUT2D eigenvalue weighted by molar-refractivity contribution is -0.132. The highest BCUT2D eigenvalue weighted by molar-refractivity contribution is 7.91. The number of amides is 1. The fraction of sp³-hybridized carbons (Fsp3) is 0.889. The Balaban J connectivity index is 2.49. The lowest BCUT2D eigenvalue weighted by Gasteiger charge is -2.28. The molecule has 0 aromatic carbocycles. The molecule has 0 bridgehead atoms. The Kier molecular flexibility index (Phi) is 4.10. The van der Waals surface area contributed by atoms with Crippen molar-refractivity contribution in [2.24, 2.45) is 5.73 Å². The van der Waals surface area contributed by atoms with E-state index in [1.807, 2.05) is 6.92 Å². The molecule has 15 heavy (non-hydrogen) atoms. The van der Waals surface area contributed by atoms with E-state index in [4.69, 9.17) is 5.73 Å². The van der Waals surface area contributed by atoms with Crippen LogP contribution in [0.4, 0.5) is 0 Å². The summed E-state index contributed by atoms with van der Waals surface area (Å²) in [6.07, 6.45) is 1.52. The third-order valence-electron chi connectivity index (χ3n) is 2.57. The van der Waals surface area contributed by atoms with Crippen LogP contribution in [-0.4, -0.2) is 49.9 Å². The largest absolute Gasteiger partial charge is 0.339 e. The second kappa shape index (κ2) is 4.94. The summed E-state index contributed by atoms with van der Waals surface area (Å²) in [5.41, 5.74) is 5.69. The smallest absolute Gasteiger partial charge is 0.239 e. The standard InChI is InChI=1S/C9H18N2O3S/c1-2-3-8(10)9(12)11-4-6-15(13,14)7-5-11/h8H,2-7,10H2,1H3/t8-/m0/s1. The molecule has 0 unspecified atom stereocenters. The van der Waals surface area contributed by atoms with E-state index in [1.54, 1.807) is 4.90 Å². The second-order valence-electron chi connectivity index (χ2n) is 3.87. The van der Waals surface area contributed by atoms with Crippen LogP contribution in [0, 0.1) is 0 Å². The van der Waals surface area contributed by atoms with E-state index in [1.165, 1.54) is 0 Å². The predicted molar refractivity (Wildman–Crippen MR) is 58.1 cm³/mol. The van der Waals surface area contributed by atoms with Crippen molar-refractivity contribution in [2.75, 3.05) is 24.6 Å². The van der Waals surface area contributed by atoms with Crippen molar-refractivity contribution in [1.29, 1.82) is 0 Å². The molecule has 6 heteroatoms. The highest BCUT2D eigenvalue weighted by Crippen LogP contribution is 2.07. The number of rotatable bonds is 3. The van der Waals surface area contributed by atoms with E-state index in [0.717, 1.165) is 6.42 Å². The molecule has 1 rings (SSSR count). The van der Waals surface area contributed by atoms with E-state index >= 15 is 0 Å². The van der Waals surface area contributed by atoms with Crippen LogP contribution in [0.1, 0.15) is 19.8 Å². The third kappa shape index (κ3) is 3.46. The first kappa shape index (κ1) is 12.4. The molecule has 5 nitrogen and oxygen atoms in total. The van der Waals surface area contributed by atoms with Gasteiger partial charge >= 0.3 is 0 Å². The highest BCUT2D eigenvalue weighted by atomic mass is 32.2. The first-order valence-electron chi connectivity index (χ1n) is 5.21. The molecule has 0 aromatic rings. The number of hydrogen-bond donors (Lipinski definition) is 1. The van der Waals surface area contributed by atoms with Crippen LogP contribution < -0.4 is 5.73 Å². The van der Waals surface area contributed by atoms with E-state index < -0.39 is 15.9 Å². The minimum absolute atomic E-state index is 0.0670. The van der Waals surface area contributed by atoms with Crippen LogP contribution in [0.15, 0.2) is 0 Å². The Bertz CT molecular complexity index is 312. The maximum atomic E-state index is 11.7. The molecular formula is C9H18N2O3S. The molecule has 0 aromatic heterocycles. The maximum absolute atomic E-state index is 11.7. The predicted octanol–water partition coefficient (Wildman–Crippen LogP) is -0.629. The van der Waals surface area contributed by atoms with Crippen molar-refractivity contribution < 1.29 is 13.2 Å². The summed E-state index contributed by atoms with van der Waals surface area (Å²) in [5, 5.41) is 0. The number of carbonyl (C=O) groups excluding carboxylic acids is 1. The van der Waals surface area contributed by atoms with Crippen LogP contribution in [0.3, 0.4) is 0 Å². The first-order valence-corrected chi connectivity index (χ1v) is 7.03. The summed E-state index contributed by atoms with van der Waals surface area (Å²) in [5.74, 6) is 0.0153. The van der Waals surface area contributed by atoms with Crippen LogP contribution in [0.2, 0.25) is 0 Å². The zero-order valence-electron chi connectivity index (χ0n) is 8.98. The van der Waals surface area contributed by atoms with Gasteiger partial charge in [-0.25, -0.2) is 8.42 Å². The van der Waals surface area contributed by atoms with Crippen molar-refractivity contribution >= 4 is 15.7 Å². The lowest BCUT2D eigenvalue weighted by Crippen LogP contribution is -2.50. The molecule has 1 atom stereocenters. The molecule has 0 spiro atoms. The fourth-order valence-electron chi connectivity index (χ4n) is 1.60. The van der Waals surface area contributed by atoms with E-state index in [2.05, 4.69) is 0 Å². The SMILES string of the molecule is CCC[C@H](N)C(=O)N1CCS(=O)(=O)CC1. The molecule has 0 saturated carbocycles. The van der Waals surface area contributed by atoms with Crippen molar-refractivity contribution in [3.8, 4) is 0 Å². The molecular weight excluding hydrogens is 216 g/mol. The van der Waals surface area contributed by atoms with Gasteiger partial charge in [-0.3, -0.25) is 4.79 Å². The fourth-order valence-corrected chi connectivity index (χ4v) is 2.80. The van der Waals surface area contributed by atoms with Gasteiger partial charge in [0, 0.05) is 13.1 Å². The van der Waals surface area contributed by atoms with Crippen molar-refractivity contribution in [3.05, 3.63) is 0 Å². The molecule has 88 valence electrons. The van der Waals surface area contributed by atoms with Gasteiger partial charge in [0.05, 0.1) is 17.5 Å². The summed E-state index contributed by atoms with van der Waals surface area (Å²) in [7, 11) is -2.92. The van der Waals surface area contributed by atoms with Gasteiger partial charge < -0.3 is 10.6 Å². The van der Waals surface area contributed by atoms with Crippen molar-refractivity contribution in [1.82, 2.24) is 4.90 Å². The average molecular weight is 234 g/mol. The summed E-state index contributed by atoms with van der Waals surface area (Å²) < 4.78 is 22.3. The summed E-state index contributed by atoms with van der Waals surface area (Å²) in [6.45, 7) is 2.55. The Hall–Kier alpha value is -0.620. The molecule has 1 amide bonds. The first-order chi connectivity index (χ1) is 6.96. The van der Waals surface area contributed by atoms with Gasteiger partial charge in [0.15, 0.2) is 9.84 Å². The van der Waals surface area contributed by atoms with Crippen molar-refractivity contribution in [3.63, 3.8) is 0 Å². The maximum Gasteiger partial charge on any atom is 0.239 e. The van der Waals surface area contributed by atoms with E-state index in [-0.39, 0.29) is 17.4 Å². The van der Waals surface area contributed by atoms with Crippen molar-refractivity contribution in [2.45, 2.75) is 25.8 Å². The minimum atomic E-state index is -2.92. The molecule has 1 fully saturated rings. The summed E-state index contributed by atoms with van der Waals surface area (Å²) in [4.78, 5) is 13.3. The Morgan fingerprint density at radius 1 is 1.40 bits per heavy atom. The molecule has 1 saturated heterocycles. The van der Waals surface area contributed by atoms with Gasteiger partial charge in [-0.05, 0) is 6.42 Å². The topological polar surface area (TPSA) is 80.5 Å². The zero-order valence-corrected chi connectivity index (χ0v) is 9.79. The number of carbonyl (C=O) groups is 1. The van der Waals surface area contributed by atoms with Gasteiger partial charge in [-0.15, -0.1) is 0 Å². The second-order valence-corrected chi connectivity index (χ2v) is 6.18. The minimum Gasteiger partial charge on any atom is -0.339 e. The van der Waals surface area contributed by atoms with Gasteiger partial charge in [0.25, 0.3) is 0 Å². The average Bonchev–Trinajstić information content (AvgIpc) is 2.17. The molecule has 0 radical (unpaired) electrons. The number of sulfone groups is 1. The Morgan fingerprint density at radius 2 is 1.93 bits per heavy atom. The molecule has 1 aliphatic heterocycles. The molecule has 2 N–H and O–H groups in total. The van der Waals surface area contributed by atoms with Gasteiger partial charge in [-0.2, -0.15) is 0 Å². The van der Waals surface area contributed by atoms with E-state index in [9.17, 15) is 13.2 Å². The molecule has 1 heterocycles. The normalized spacial score (nSPS) is 22.4. The Labute approximate surface area is 90.5 Å². The number of nitrogens with zero attached hydrogens (tertiary/aromatic N) is 1. The van der Waals surface area contributed by atoms with Crippen LogP contribution >= 0.6 is 0 Å². The number of hydrogen-bond acceptors (Lipinski definition) is 4. The summed E-state index contributed by atoms with van der Waals surface area (Å²) >= 11 is 0. The Morgan fingerprint density at radius 3 is 2.40 bits per heavy atom. The third-order valence-corrected chi connectivity index (χ3v) is 4.18. The monoisotopic (exact) mass is 234 g/mol. The van der Waals surface area contributed by atoms with Gasteiger partial charge in [-0.1, -0.05) is 13.3 Å². The number of nitrogens with two attached hydrogens (primary N) is 1. The molecule has 0 aliphatic carbocycles. The van der Waals surface area contributed by atoms with Crippen LogP contribution in [0.25, 0.3) is 0 Å². The van der Waals surface area contributed by atoms with Crippen LogP contribution in [-0.2, 0) is 14.6 Å². The van der Waals surface area contributed by atoms with Gasteiger partial charge in [0.1, 0.15) is 0 Å².